The highest BCUT2D eigenvalue weighted by Gasteiger charge is 2.13. The number of benzene rings is 1. The second-order valence-electron chi connectivity index (χ2n) is 5.19. The Labute approximate surface area is 120 Å². The fraction of sp³-hybridized carbons (Fsp3) is 0.467. The van der Waals surface area contributed by atoms with Crippen molar-refractivity contribution in [3.8, 4) is 0 Å². The molecule has 0 saturated heterocycles. The zero-order valence-electron chi connectivity index (χ0n) is 12.6. The molecule has 0 aliphatic heterocycles. The van der Waals surface area contributed by atoms with Gasteiger partial charge in [-0.2, -0.15) is 0 Å². The van der Waals surface area contributed by atoms with E-state index in [2.05, 4.69) is 10.6 Å². The molecule has 0 bridgehead atoms. The number of hydrogen-bond acceptors (Lipinski definition) is 3. The van der Waals surface area contributed by atoms with Crippen molar-refractivity contribution in [1.82, 2.24) is 10.6 Å². The topological polar surface area (TPSA) is 61.4 Å². The van der Waals surface area contributed by atoms with Gasteiger partial charge in [-0.3, -0.25) is 9.59 Å². The largest absolute Gasteiger partial charge is 0.378 e. The van der Waals surface area contributed by atoms with E-state index in [9.17, 15) is 9.59 Å². The van der Waals surface area contributed by atoms with E-state index < -0.39 is 11.8 Å². The average Bonchev–Trinajstić information content (AvgIpc) is 2.38. The Hall–Kier alpha value is -2.04. The summed E-state index contributed by atoms with van der Waals surface area (Å²) in [6, 6.07) is 8.07. The van der Waals surface area contributed by atoms with E-state index in [1.165, 1.54) is 0 Å². The molecule has 0 aromatic heterocycles. The minimum Gasteiger partial charge on any atom is -0.378 e. The van der Waals surface area contributed by atoms with E-state index in [0.29, 0.717) is 13.0 Å². The van der Waals surface area contributed by atoms with Crippen LogP contribution in [-0.2, 0) is 16.0 Å². The number of rotatable bonds is 5. The van der Waals surface area contributed by atoms with Gasteiger partial charge >= 0.3 is 11.8 Å². The second-order valence-corrected chi connectivity index (χ2v) is 5.19. The standard InChI is InChI=1S/C15H23N3O2/c1-11(2)17-15(20)14(19)16-10-9-12-5-7-13(8-6-12)18(3)4/h5-8,11H,9-10H2,1-4H3,(H,16,19)(H,17,20). The van der Waals surface area contributed by atoms with Gasteiger partial charge in [0.05, 0.1) is 0 Å². The third-order valence-corrected chi connectivity index (χ3v) is 2.78. The zero-order chi connectivity index (χ0) is 15.1. The fourth-order valence-corrected chi connectivity index (χ4v) is 1.69. The third kappa shape index (κ3) is 5.30. The molecule has 0 saturated carbocycles. The molecule has 1 rings (SSSR count). The highest BCUT2D eigenvalue weighted by Crippen LogP contribution is 2.12. The van der Waals surface area contributed by atoms with Gasteiger partial charge in [0.2, 0.25) is 0 Å². The molecule has 0 radical (unpaired) electrons. The molecule has 1 aromatic rings. The molecule has 5 nitrogen and oxygen atoms in total. The van der Waals surface area contributed by atoms with Gasteiger partial charge in [-0.15, -0.1) is 0 Å². The van der Waals surface area contributed by atoms with Crippen molar-refractivity contribution in [3.63, 3.8) is 0 Å². The molecule has 0 spiro atoms. The molecule has 2 N–H and O–H groups in total. The quantitative estimate of drug-likeness (QED) is 0.787. The van der Waals surface area contributed by atoms with E-state index in [1.54, 1.807) is 0 Å². The van der Waals surface area contributed by atoms with Crippen LogP contribution in [0.25, 0.3) is 0 Å². The molecule has 0 unspecified atom stereocenters. The number of nitrogens with zero attached hydrogens (tertiary/aromatic N) is 1. The SMILES string of the molecule is CC(C)NC(=O)C(=O)NCCc1ccc(N(C)C)cc1. The number of amides is 2. The van der Waals surface area contributed by atoms with Crippen LogP contribution in [0, 0.1) is 0 Å². The number of hydrogen-bond donors (Lipinski definition) is 2. The molecule has 0 atom stereocenters. The lowest BCUT2D eigenvalue weighted by Crippen LogP contribution is -2.43. The van der Waals surface area contributed by atoms with Crippen LogP contribution in [0.3, 0.4) is 0 Å². The summed E-state index contributed by atoms with van der Waals surface area (Å²) in [5, 5.41) is 5.17. The van der Waals surface area contributed by atoms with Crippen LogP contribution in [0.4, 0.5) is 5.69 Å². The molecule has 0 heterocycles. The molecular formula is C15H23N3O2. The van der Waals surface area contributed by atoms with E-state index >= 15 is 0 Å². The predicted molar refractivity (Wildman–Crippen MR) is 80.8 cm³/mol. The smallest absolute Gasteiger partial charge is 0.309 e. The summed E-state index contributed by atoms with van der Waals surface area (Å²) in [7, 11) is 3.98. The summed E-state index contributed by atoms with van der Waals surface area (Å²) >= 11 is 0. The maximum atomic E-state index is 11.5. The summed E-state index contributed by atoms with van der Waals surface area (Å²) in [5.74, 6) is -1.16. The monoisotopic (exact) mass is 277 g/mol. The molecule has 1 aromatic carbocycles. The lowest BCUT2D eigenvalue weighted by atomic mass is 10.1. The van der Waals surface area contributed by atoms with Crippen LogP contribution < -0.4 is 15.5 Å². The van der Waals surface area contributed by atoms with Crippen molar-refractivity contribution in [3.05, 3.63) is 29.8 Å². The van der Waals surface area contributed by atoms with Gasteiger partial charge < -0.3 is 15.5 Å². The van der Waals surface area contributed by atoms with Crippen LogP contribution in [0.15, 0.2) is 24.3 Å². The summed E-state index contributed by atoms with van der Waals surface area (Å²) in [5.41, 5.74) is 2.26. The second kappa shape index (κ2) is 7.53. The molecule has 110 valence electrons. The van der Waals surface area contributed by atoms with Crippen LogP contribution in [0.2, 0.25) is 0 Å². The van der Waals surface area contributed by atoms with Crippen molar-refractivity contribution in [2.24, 2.45) is 0 Å². The average molecular weight is 277 g/mol. The first-order valence-corrected chi connectivity index (χ1v) is 6.75. The fourth-order valence-electron chi connectivity index (χ4n) is 1.69. The maximum absolute atomic E-state index is 11.5. The van der Waals surface area contributed by atoms with Crippen molar-refractivity contribution < 1.29 is 9.59 Å². The Morgan fingerprint density at radius 1 is 1.10 bits per heavy atom. The van der Waals surface area contributed by atoms with Crippen molar-refractivity contribution in [2.75, 3.05) is 25.5 Å². The minimum absolute atomic E-state index is 0.0353. The Morgan fingerprint density at radius 3 is 2.20 bits per heavy atom. The van der Waals surface area contributed by atoms with Gasteiger partial charge in [0.15, 0.2) is 0 Å². The molecular weight excluding hydrogens is 254 g/mol. The number of nitrogens with one attached hydrogen (secondary N) is 2. The summed E-state index contributed by atoms with van der Waals surface area (Å²) in [6.07, 6.45) is 0.703. The lowest BCUT2D eigenvalue weighted by Gasteiger charge is -2.13. The van der Waals surface area contributed by atoms with Crippen LogP contribution in [0.1, 0.15) is 19.4 Å². The molecule has 0 aliphatic carbocycles. The lowest BCUT2D eigenvalue weighted by molar-refractivity contribution is -0.139. The zero-order valence-corrected chi connectivity index (χ0v) is 12.6. The number of anilines is 1. The van der Waals surface area contributed by atoms with Gasteiger partial charge in [0.1, 0.15) is 0 Å². The van der Waals surface area contributed by atoms with Crippen molar-refractivity contribution in [2.45, 2.75) is 26.3 Å². The Morgan fingerprint density at radius 2 is 1.70 bits per heavy atom. The highest BCUT2D eigenvalue weighted by molar-refractivity contribution is 6.35. The van der Waals surface area contributed by atoms with E-state index in [1.807, 2.05) is 57.1 Å². The number of carbonyl (C=O) groups is 2. The van der Waals surface area contributed by atoms with Gasteiger partial charge in [0, 0.05) is 32.4 Å². The minimum atomic E-state index is -0.581. The maximum Gasteiger partial charge on any atom is 0.309 e. The normalized spacial score (nSPS) is 10.2. The molecule has 0 fully saturated rings. The van der Waals surface area contributed by atoms with Gasteiger partial charge in [-0.05, 0) is 38.0 Å². The molecule has 2 amide bonds. The third-order valence-electron chi connectivity index (χ3n) is 2.78. The Bertz CT molecular complexity index is 453. The first-order chi connectivity index (χ1) is 9.40. The van der Waals surface area contributed by atoms with Gasteiger partial charge in [-0.25, -0.2) is 0 Å². The van der Waals surface area contributed by atoms with E-state index in [4.69, 9.17) is 0 Å². The number of carbonyl (C=O) groups excluding carboxylic acids is 2. The van der Waals surface area contributed by atoms with E-state index in [-0.39, 0.29) is 6.04 Å². The molecule has 5 heteroatoms. The Kier molecular flexibility index (Phi) is 6.03. The van der Waals surface area contributed by atoms with Gasteiger partial charge in [0.25, 0.3) is 0 Å². The molecule has 20 heavy (non-hydrogen) atoms. The van der Waals surface area contributed by atoms with Crippen molar-refractivity contribution in [1.29, 1.82) is 0 Å². The van der Waals surface area contributed by atoms with Gasteiger partial charge in [-0.1, -0.05) is 12.1 Å². The summed E-state index contributed by atoms with van der Waals surface area (Å²) in [4.78, 5) is 24.9. The van der Waals surface area contributed by atoms with Crippen molar-refractivity contribution >= 4 is 17.5 Å². The predicted octanol–water partition coefficient (Wildman–Crippen LogP) is 0.936. The summed E-state index contributed by atoms with van der Waals surface area (Å²) < 4.78 is 0. The molecule has 0 aliphatic rings. The first kappa shape index (κ1) is 16.0. The van der Waals surface area contributed by atoms with Crippen LogP contribution >= 0.6 is 0 Å². The van der Waals surface area contributed by atoms with Crippen LogP contribution in [0.5, 0.6) is 0 Å². The highest BCUT2D eigenvalue weighted by atomic mass is 16.2. The first-order valence-electron chi connectivity index (χ1n) is 6.75. The van der Waals surface area contributed by atoms with E-state index in [0.717, 1.165) is 11.3 Å². The Balaban J connectivity index is 2.37. The van der Waals surface area contributed by atoms with Crippen LogP contribution in [-0.4, -0.2) is 38.5 Å². The summed E-state index contributed by atoms with van der Waals surface area (Å²) in [6.45, 7) is 4.08.